The highest BCUT2D eigenvalue weighted by molar-refractivity contribution is 6.37. The molecule has 2 aromatic carbocycles. The third-order valence-electron chi connectivity index (χ3n) is 4.35. The summed E-state index contributed by atoms with van der Waals surface area (Å²) in [6.45, 7) is 2.00. The second-order valence-electron chi connectivity index (χ2n) is 6.03. The van der Waals surface area contributed by atoms with Gasteiger partial charge in [0.1, 0.15) is 11.4 Å². The normalized spacial score (nSPS) is 11.0. The van der Waals surface area contributed by atoms with Crippen LogP contribution in [0.1, 0.15) is 5.69 Å². The van der Waals surface area contributed by atoms with Crippen molar-refractivity contribution in [2.24, 2.45) is 0 Å². The molecule has 3 nitrogen and oxygen atoms in total. The average Bonchev–Trinajstić information content (AvgIpc) is 3.00. The van der Waals surface area contributed by atoms with Crippen LogP contribution in [-0.2, 0) is 0 Å². The SMILES string of the molecule is Cc1c(-c2ccc(Cl)cc2)c(-c2ccncc2)nn1-c1c(Cl)cccc1Cl. The summed E-state index contributed by atoms with van der Waals surface area (Å²) >= 11 is 18.9. The van der Waals surface area contributed by atoms with Crippen LogP contribution in [0.15, 0.2) is 67.0 Å². The Morgan fingerprint density at radius 2 is 1.41 bits per heavy atom. The van der Waals surface area contributed by atoms with E-state index in [0.717, 1.165) is 28.1 Å². The topological polar surface area (TPSA) is 30.7 Å². The smallest absolute Gasteiger partial charge is 0.102 e. The van der Waals surface area contributed by atoms with Crippen molar-refractivity contribution in [2.75, 3.05) is 0 Å². The molecule has 0 saturated heterocycles. The summed E-state index contributed by atoms with van der Waals surface area (Å²) in [5.41, 5.74) is 5.38. The number of rotatable bonds is 3. The van der Waals surface area contributed by atoms with E-state index in [4.69, 9.17) is 39.9 Å². The number of hydrogen-bond donors (Lipinski definition) is 0. The van der Waals surface area contributed by atoms with Crippen LogP contribution < -0.4 is 0 Å². The zero-order valence-electron chi connectivity index (χ0n) is 14.3. The van der Waals surface area contributed by atoms with Gasteiger partial charge in [-0.1, -0.05) is 53.0 Å². The van der Waals surface area contributed by atoms with Crippen LogP contribution in [-0.4, -0.2) is 14.8 Å². The molecule has 4 rings (SSSR count). The minimum atomic E-state index is 0.539. The molecule has 134 valence electrons. The largest absolute Gasteiger partial charge is 0.265 e. The number of nitrogens with zero attached hydrogens (tertiary/aromatic N) is 3. The van der Waals surface area contributed by atoms with Gasteiger partial charge in [0.25, 0.3) is 0 Å². The van der Waals surface area contributed by atoms with Gasteiger partial charge in [-0.2, -0.15) is 5.10 Å². The lowest BCUT2D eigenvalue weighted by Crippen LogP contribution is -2.01. The van der Waals surface area contributed by atoms with Crippen LogP contribution in [0.3, 0.4) is 0 Å². The first kappa shape index (κ1) is 18.1. The molecule has 0 atom stereocenters. The van der Waals surface area contributed by atoms with Crippen molar-refractivity contribution >= 4 is 34.8 Å². The maximum atomic E-state index is 6.44. The molecule has 2 aromatic heterocycles. The minimum Gasteiger partial charge on any atom is -0.265 e. The Labute approximate surface area is 172 Å². The maximum Gasteiger partial charge on any atom is 0.102 e. The number of pyridine rings is 1. The van der Waals surface area contributed by atoms with Gasteiger partial charge in [-0.05, 0) is 48.9 Å². The Kier molecular flexibility index (Phi) is 4.92. The van der Waals surface area contributed by atoms with Crippen molar-refractivity contribution in [3.63, 3.8) is 0 Å². The number of hydrogen-bond acceptors (Lipinski definition) is 2. The number of para-hydroxylation sites is 1. The van der Waals surface area contributed by atoms with Crippen molar-refractivity contribution in [1.29, 1.82) is 0 Å². The van der Waals surface area contributed by atoms with Gasteiger partial charge in [-0.3, -0.25) is 4.98 Å². The van der Waals surface area contributed by atoms with Crippen LogP contribution in [0, 0.1) is 6.92 Å². The van der Waals surface area contributed by atoms with Crippen molar-refractivity contribution < 1.29 is 0 Å². The molecular weight excluding hydrogens is 401 g/mol. The molecule has 4 aromatic rings. The molecule has 0 saturated carbocycles. The summed E-state index contributed by atoms with van der Waals surface area (Å²) in [7, 11) is 0. The van der Waals surface area contributed by atoms with Gasteiger partial charge in [0.05, 0.1) is 10.0 Å². The van der Waals surface area contributed by atoms with Gasteiger partial charge >= 0.3 is 0 Å². The standard InChI is InChI=1S/C21H14Cl3N3/c1-13-19(14-5-7-16(22)8-6-14)20(15-9-11-25-12-10-15)26-27(13)21-17(23)3-2-4-18(21)24/h2-12H,1H3. The van der Waals surface area contributed by atoms with Gasteiger partial charge in [0.2, 0.25) is 0 Å². The summed E-state index contributed by atoms with van der Waals surface area (Å²) in [4.78, 5) is 4.11. The monoisotopic (exact) mass is 413 g/mol. The fraction of sp³-hybridized carbons (Fsp3) is 0.0476. The molecule has 6 heteroatoms. The van der Waals surface area contributed by atoms with Gasteiger partial charge in [-0.15, -0.1) is 0 Å². The van der Waals surface area contributed by atoms with Crippen molar-refractivity contribution in [3.05, 3.63) is 87.8 Å². The van der Waals surface area contributed by atoms with Crippen molar-refractivity contribution in [1.82, 2.24) is 14.8 Å². The van der Waals surface area contributed by atoms with E-state index in [1.807, 2.05) is 49.4 Å². The Hall–Kier alpha value is -2.33. The minimum absolute atomic E-state index is 0.539. The molecule has 2 heterocycles. The average molecular weight is 415 g/mol. The Bertz CT molecular complexity index is 1080. The van der Waals surface area contributed by atoms with Crippen LogP contribution in [0.5, 0.6) is 0 Å². The molecule has 0 aliphatic rings. The predicted octanol–water partition coefficient (Wildman–Crippen LogP) is 6.87. The Morgan fingerprint density at radius 3 is 2.04 bits per heavy atom. The molecule has 0 bridgehead atoms. The zero-order chi connectivity index (χ0) is 19.0. The number of aromatic nitrogens is 3. The van der Waals surface area contributed by atoms with Gasteiger partial charge in [0.15, 0.2) is 0 Å². The van der Waals surface area contributed by atoms with Crippen molar-refractivity contribution in [3.8, 4) is 28.1 Å². The third kappa shape index (κ3) is 3.34. The third-order valence-corrected chi connectivity index (χ3v) is 5.21. The van der Waals surface area contributed by atoms with E-state index in [9.17, 15) is 0 Å². The van der Waals surface area contributed by atoms with Crippen LogP contribution in [0.25, 0.3) is 28.1 Å². The molecule has 0 aliphatic heterocycles. The first-order chi connectivity index (χ1) is 13.1. The molecule has 0 spiro atoms. The molecule has 0 unspecified atom stereocenters. The summed E-state index contributed by atoms with van der Waals surface area (Å²) in [5, 5.41) is 6.62. The van der Waals surface area contributed by atoms with Gasteiger partial charge in [-0.25, -0.2) is 4.68 Å². The molecule has 0 radical (unpaired) electrons. The lowest BCUT2D eigenvalue weighted by molar-refractivity contribution is 0.851. The molecule has 27 heavy (non-hydrogen) atoms. The van der Waals surface area contributed by atoms with E-state index in [-0.39, 0.29) is 0 Å². The van der Waals surface area contributed by atoms with Gasteiger partial charge < -0.3 is 0 Å². The molecule has 0 aliphatic carbocycles. The first-order valence-corrected chi connectivity index (χ1v) is 9.40. The second kappa shape index (κ2) is 7.35. The molecule has 0 amide bonds. The summed E-state index contributed by atoms with van der Waals surface area (Å²) in [6, 6.07) is 17.0. The molecule has 0 fully saturated rings. The second-order valence-corrected chi connectivity index (χ2v) is 7.28. The van der Waals surface area contributed by atoms with E-state index in [1.54, 1.807) is 29.2 Å². The lowest BCUT2D eigenvalue weighted by atomic mass is 10.00. The zero-order valence-corrected chi connectivity index (χ0v) is 16.6. The van der Waals surface area contributed by atoms with Crippen LogP contribution in [0.2, 0.25) is 15.1 Å². The first-order valence-electron chi connectivity index (χ1n) is 8.26. The lowest BCUT2D eigenvalue weighted by Gasteiger charge is -2.09. The fourth-order valence-corrected chi connectivity index (χ4v) is 3.77. The van der Waals surface area contributed by atoms with E-state index < -0.39 is 0 Å². The summed E-state index contributed by atoms with van der Waals surface area (Å²) < 4.78 is 1.80. The quantitative estimate of drug-likeness (QED) is 0.366. The number of benzene rings is 2. The molecule has 0 N–H and O–H groups in total. The van der Waals surface area contributed by atoms with Crippen LogP contribution in [0.4, 0.5) is 0 Å². The van der Waals surface area contributed by atoms with E-state index >= 15 is 0 Å². The van der Waals surface area contributed by atoms with Gasteiger partial charge in [0, 0.05) is 34.2 Å². The van der Waals surface area contributed by atoms with E-state index in [0.29, 0.717) is 20.8 Å². The highest BCUT2D eigenvalue weighted by atomic mass is 35.5. The predicted molar refractivity (Wildman–Crippen MR) is 112 cm³/mol. The van der Waals surface area contributed by atoms with E-state index in [2.05, 4.69) is 4.98 Å². The summed E-state index contributed by atoms with van der Waals surface area (Å²) in [6.07, 6.45) is 3.50. The molecular formula is C21H14Cl3N3. The highest BCUT2D eigenvalue weighted by Gasteiger charge is 2.21. The van der Waals surface area contributed by atoms with E-state index in [1.165, 1.54) is 0 Å². The fourth-order valence-electron chi connectivity index (χ4n) is 3.09. The Balaban J connectivity index is 2.02. The summed E-state index contributed by atoms with van der Waals surface area (Å²) in [5.74, 6) is 0. The highest BCUT2D eigenvalue weighted by Crippen LogP contribution is 2.38. The Morgan fingerprint density at radius 1 is 0.778 bits per heavy atom. The van der Waals surface area contributed by atoms with Crippen LogP contribution >= 0.6 is 34.8 Å². The number of halogens is 3. The maximum absolute atomic E-state index is 6.44. The van der Waals surface area contributed by atoms with Crippen molar-refractivity contribution in [2.45, 2.75) is 6.92 Å².